The first-order valence-electron chi connectivity index (χ1n) is 9.39. The van der Waals surface area contributed by atoms with E-state index in [4.69, 9.17) is 0 Å². The molecule has 0 spiro atoms. The second kappa shape index (κ2) is 11.0. The Balaban J connectivity index is 0.00000140. The molecule has 8 heteroatoms. The molecular formula is C20H26Cl2N6. The Morgan fingerprint density at radius 1 is 0.643 bits per heavy atom. The molecule has 2 aliphatic heterocycles. The van der Waals surface area contributed by atoms with E-state index in [0.29, 0.717) is 0 Å². The highest BCUT2D eigenvalue weighted by molar-refractivity contribution is 5.85. The quantitative estimate of drug-likeness (QED) is 0.689. The van der Waals surface area contributed by atoms with Crippen LogP contribution < -0.4 is 0 Å². The summed E-state index contributed by atoms with van der Waals surface area (Å²) in [6.45, 7) is 4.15. The molecule has 2 fully saturated rings. The minimum absolute atomic E-state index is 0. The van der Waals surface area contributed by atoms with Gasteiger partial charge >= 0.3 is 0 Å². The number of hydrogen-bond acceptors (Lipinski definition) is 6. The maximum atomic E-state index is 4.69. The summed E-state index contributed by atoms with van der Waals surface area (Å²) < 4.78 is 0. The van der Waals surface area contributed by atoms with Crippen molar-refractivity contribution >= 4 is 37.2 Å². The average molecular weight is 421 g/mol. The van der Waals surface area contributed by atoms with Gasteiger partial charge in [-0.05, 0) is 49.9 Å². The fraction of sp³-hybridized carbons (Fsp3) is 0.400. The van der Waals surface area contributed by atoms with Crippen LogP contribution in [0.5, 0.6) is 0 Å². The van der Waals surface area contributed by atoms with Crippen LogP contribution in [0.15, 0.2) is 46.6 Å². The fourth-order valence-corrected chi connectivity index (χ4v) is 3.25. The molecule has 28 heavy (non-hydrogen) atoms. The van der Waals surface area contributed by atoms with Gasteiger partial charge in [0.25, 0.3) is 0 Å². The number of nitrogens with zero attached hydrogens (tertiary/aromatic N) is 6. The normalized spacial score (nSPS) is 16.6. The molecular weight excluding hydrogens is 395 g/mol. The van der Waals surface area contributed by atoms with Gasteiger partial charge in [0.15, 0.2) is 0 Å². The van der Waals surface area contributed by atoms with E-state index in [1.54, 1.807) is 0 Å². The van der Waals surface area contributed by atoms with Crippen LogP contribution in [0.2, 0.25) is 0 Å². The van der Waals surface area contributed by atoms with Gasteiger partial charge in [-0.2, -0.15) is 10.2 Å². The Labute approximate surface area is 178 Å². The van der Waals surface area contributed by atoms with Crippen molar-refractivity contribution in [2.45, 2.75) is 25.7 Å². The number of pyridine rings is 2. The molecule has 4 rings (SSSR count). The first-order valence-corrected chi connectivity index (χ1v) is 9.39. The number of rotatable bonds is 5. The number of hydrogen-bond donors (Lipinski definition) is 0. The molecule has 2 aromatic heterocycles. The average Bonchev–Trinajstić information content (AvgIpc) is 3.39. The molecule has 2 aliphatic rings. The van der Waals surface area contributed by atoms with Crippen molar-refractivity contribution in [3.8, 4) is 11.4 Å². The maximum Gasteiger partial charge on any atom is 0.0894 e. The predicted molar refractivity (Wildman–Crippen MR) is 119 cm³/mol. The van der Waals surface area contributed by atoms with E-state index in [9.17, 15) is 0 Å². The molecule has 6 nitrogen and oxygen atoms in total. The summed E-state index contributed by atoms with van der Waals surface area (Å²) in [5, 5.41) is 13.2. The monoisotopic (exact) mass is 420 g/mol. The van der Waals surface area contributed by atoms with Crippen molar-refractivity contribution in [3.63, 3.8) is 0 Å². The molecule has 0 radical (unpaired) electrons. The molecule has 4 heterocycles. The Morgan fingerprint density at radius 2 is 1.04 bits per heavy atom. The summed E-state index contributed by atoms with van der Waals surface area (Å²) in [6.07, 6.45) is 8.57. The van der Waals surface area contributed by atoms with Crippen molar-refractivity contribution in [3.05, 3.63) is 47.8 Å². The van der Waals surface area contributed by atoms with Gasteiger partial charge in [-0.3, -0.25) is 10.0 Å². The Bertz CT molecular complexity index is 731. The van der Waals surface area contributed by atoms with Crippen molar-refractivity contribution < 1.29 is 0 Å². The number of halogens is 2. The van der Waals surface area contributed by atoms with Gasteiger partial charge in [0.1, 0.15) is 0 Å². The van der Waals surface area contributed by atoms with Crippen molar-refractivity contribution in [2.75, 3.05) is 26.2 Å². The van der Waals surface area contributed by atoms with Gasteiger partial charge < -0.3 is 0 Å². The van der Waals surface area contributed by atoms with Crippen LogP contribution in [-0.2, 0) is 0 Å². The zero-order valence-electron chi connectivity index (χ0n) is 15.8. The second-order valence-electron chi connectivity index (χ2n) is 6.71. The lowest BCUT2D eigenvalue weighted by Crippen LogP contribution is -2.11. The third-order valence-corrected chi connectivity index (χ3v) is 4.68. The highest BCUT2D eigenvalue weighted by Crippen LogP contribution is 2.15. The summed E-state index contributed by atoms with van der Waals surface area (Å²) in [5.41, 5.74) is 3.42. The third kappa shape index (κ3) is 5.91. The van der Waals surface area contributed by atoms with Crippen LogP contribution in [0.1, 0.15) is 37.1 Å². The molecule has 0 unspecified atom stereocenters. The van der Waals surface area contributed by atoms with Gasteiger partial charge in [-0.15, -0.1) is 24.8 Å². The molecule has 0 saturated carbocycles. The molecule has 0 atom stereocenters. The van der Waals surface area contributed by atoms with Gasteiger partial charge in [-0.1, -0.05) is 12.1 Å². The Hall–Kier alpha value is -2.18. The minimum Gasteiger partial charge on any atom is -0.297 e. The summed E-state index contributed by atoms with van der Waals surface area (Å²) in [6, 6.07) is 11.9. The second-order valence-corrected chi connectivity index (χ2v) is 6.71. The zero-order chi connectivity index (χ0) is 17.6. The minimum atomic E-state index is 0. The summed E-state index contributed by atoms with van der Waals surface area (Å²) in [7, 11) is 0. The Morgan fingerprint density at radius 3 is 1.43 bits per heavy atom. The van der Waals surface area contributed by atoms with Crippen LogP contribution in [0.4, 0.5) is 0 Å². The van der Waals surface area contributed by atoms with Crippen LogP contribution in [0.3, 0.4) is 0 Å². The first-order chi connectivity index (χ1) is 12.9. The summed E-state index contributed by atoms with van der Waals surface area (Å²) in [4.78, 5) is 9.38. The standard InChI is InChI=1S/C20H24N6.2ClH/c1-2-12-25(11-1)21-15-17-7-5-9-19(23-17)20-10-6-8-18(24-20)16-22-26-13-3-4-14-26;;/h5-10,15-16H,1-4,11-14H2;2*1H. The van der Waals surface area contributed by atoms with Gasteiger partial charge in [0.05, 0.1) is 35.2 Å². The lowest BCUT2D eigenvalue weighted by molar-refractivity contribution is 0.362. The number of hydrazone groups is 2. The molecule has 0 aromatic carbocycles. The zero-order valence-corrected chi connectivity index (χ0v) is 17.4. The van der Waals surface area contributed by atoms with E-state index in [1.165, 1.54) is 25.7 Å². The molecule has 0 bridgehead atoms. The predicted octanol–water partition coefficient (Wildman–Crippen LogP) is 3.85. The van der Waals surface area contributed by atoms with E-state index in [1.807, 2.05) is 48.8 Å². The molecule has 0 N–H and O–H groups in total. The summed E-state index contributed by atoms with van der Waals surface area (Å²) in [5.74, 6) is 0. The van der Waals surface area contributed by atoms with Gasteiger partial charge in [0, 0.05) is 26.2 Å². The topological polar surface area (TPSA) is 57.0 Å². The van der Waals surface area contributed by atoms with Crippen LogP contribution >= 0.6 is 24.8 Å². The van der Waals surface area contributed by atoms with E-state index in [0.717, 1.165) is 49.0 Å². The highest BCUT2D eigenvalue weighted by atomic mass is 35.5. The van der Waals surface area contributed by atoms with Crippen molar-refractivity contribution in [1.29, 1.82) is 0 Å². The SMILES string of the molecule is C(=NN1CCCC1)c1cccc(-c2cccc(C=NN3CCCC3)n2)n1.Cl.Cl. The highest BCUT2D eigenvalue weighted by Gasteiger charge is 2.09. The lowest BCUT2D eigenvalue weighted by Gasteiger charge is -2.09. The maximum absolute atomic E-state index is 4.69. The fourth-order valence-electron chi connectivity index (χ4n) is 3.25. The molecule has 0 amide bonds. The molecule has 2 aromatic rings. The van der Waals surface area contributed by atoms with Crippen LogP contribution in [-0.4, -0.2) is 58.6 Å². The van der Waals surface area contributed by atoms with Crippen molar-refractivity contribution in [2.24, 2.45) is 10.2 Å². The van der Waals surface area contributed by atoms with E-state index < -0.39 is 0 Å². The molecule has 2 saturated heterocycles. The van der Waals surface area contributed by atoms with E-state index >= 15 is 0 Å². The molecule has 0 aliphatic carbocycles. The van der Waals surface area contributed by atoms with Gasteiger partial charge in [0.2, 0.25) is 0 Å². The molecule has 150 valence electrons. The Kier molecular flexibility index (Phi) is 8.67. The van der Waals surface area contributed by atoms with E-state index in [2.05, 4.69) is 30.2 Å². The van der Waals surface area contributed by atoms with Crippen LogP contribution in [0.25, 0.3) is 11.4 Å². The number of aromatic nitrogens is 2. The first kappa shape index (κ1) is 22.1. The van der Waals surface area contributed by atoms with E-state index in [-0.39, 0.29) is 24.8 Å². The summed E-state index contributed by atoms with van der Waals surface area (Å²) >= 11 is 0. The smallest absolute Gasteiger partial charge is 0.0894 e. The van der Waals surface area contributed by atoms with Crippen LogP contribution in [0, 0.1) is 0 Å². The third-order valence-electron chi connectivity index (χ3n) is 4.68. The largest absolute Gasteiger partial charge is 0.297 e. The van der Waals surface area contributed by atoms with Gasteiger partial charge in [-0.25, -0.2) is 9.97 Å². The van der Waals surface area contributed by atoms with Crippen molar-refractivity contribution in [1.82, 2.24) is 20.0 Å². The lowest BCUT2D eigenvalue weighted by atomic mass is 10.2.